The van der Waals surface area contributed by atoms with Crippen LogP contribution in [0.4, 0.5) is 5.69 Å². The number of benzene rings is 1. The molecule has 2 aliphatic heterocycles. The van der Waals surface area contributed by atoms with Crippen molar-refractivity contribution >= 4 is 29.4 Å². The van der Waals surface area contributed by atoms with Crippen LogP contribution in [0.15, 0.2) is 29.6 Å². The van der Waals surface area contributed by atoms with E-state index in [1.807, 2.05) is 11.3 Å². The number of para-hydroxylation sites is 1. The van der Waals surface area contributed by atoms with Crippen LogP contribution in [-0.2, 0) is 19.4 Å². The van der Waals surface area contributed by atoms with Crippen LogP contribution in [0.2, 0.25) is 0 Å². The highest BCUT2D eigenvalue weighted by atomic mass is 35.5. The van der Waals surface area contributed by atoms with E-state index in [0.29, 0.717) is 6.04 Å². The number of hydrogen-bond acceptors (Lipinski definition) is 3. The minimum Gasteiger partial charge on any atom is -0.384 e. The molecule has 1 atom stereocenters. The molecule has 1 aromatic heterocycles. The second-order valence-corrected chi connectivity index (χ2v) is 6.82. The van der Waals surface area contributed by atoms with E-state index in [1.54, 1.807) is 10.4 Å². The number of nitrogens with zero attached hydrogens (tertiary/aromatic N) is 1. The van der Waals surface area contributed by atoms with Crippen LogP contribution >= 0.6 is 23.7 Å². The second-order valence-electron chi connectivity index (χ2n) is 5.82. The number of hydrogen-bond donors (Lipinski definition) is 1. The third kappa shape index (κ3) is 2.59. The van der Waals surface area contributed by atoms with Gasteiger partial charge in [-0.25, -0.2) is 0 Å². The van der Waals surface area contributed by atoms with Gasteiger partial charge in [-0.15, -0.1) is 23.7 Å². The highest BCUT2D eigenvalue weighted by Gasteiger charge is 2.25. The summed E-state index contributed by atoms with van der Waals surface area (Å²) in [5, 5.41) is 5.81. The summed E-state index contributed by atoms with van der Waals surface area (Å²) in [6.45, 7) is 5.68. The second kappa shape index (κ2) is 5.99. The Kier molecular flexibility index (Phi) is 4.25. The molecule has 112 valence electrons. The average molecular weight is 321 g/mol. The fourth-order valence-electron chi connectivity index (χ4n) is 3.54. The molecular weight excluding hydrogens is 300 g/mol. The first-order valence-electron chi connectivity index (χ1n) is 7.48. The zero-order valence-electron chi connectivity index (χ0n) is 12.3. The summed E-state index contributed by atoms with van der Waals surface area (Å²) in [4.78, 5) is 4.20. The Labute approximate surface area is 136 Å². The van der Waals surface area contributed by atoms with E-state index in [-0.39, 0.29) is 12.4 Å². The molecule has 2 nitrogen and oxygen atoms in total. The number of halogens is 1. The lowest BCUT2D eigenvalue weighted by Gasteiger charge is -2.34. The van der Waals surface area contributed by atoms with Crippen LogP contribution < -0.4 is 5.32 Å². The van der Waals surface area contributed by atoms with Gasteiger partial charge in [0.1, 0.15) is 0 Å². The molecule has 0 aliphatic carbocycles. The molecule has 0 spiro atoms. The lowest BCUT2D eigenvalue weighted by molar-refractivity contribution is 0.192. The normalized spacial score (nSPS) is 20.3. The Hall–Kier alpha value is -1.03. The molecule has 4 heteroatoms. The van der Waals surface area contributed by atoms with E-state index in [0.717, 1.165) is 13.1 Å². The molecule has 2 aliphatic rings. The van der Waals surface area contributed by atoms with E-state index in [2.05, 4.69) is 46.8 Å². The van der Waals surface area contributed by atoms with Crippen LogP contribution in [0.25, 0.3) is 0 Å². The van der Waals surface area contributed by atoms with Gasteiger partial charge in [-0.1, -0.05) is 18.2 Å². The third-order valence-electron chi connectivity index (χ3n) is 4.71. The summed E-state index contributed by atoms with van der Waals surface area (Å²) >= 11 is 1.92. The summed E-state index contributed by atoms with van der Waals surface area (Å²) < 4.78 is 0. The molecule has 3 heterocycles. The number of nitrogens with one attached hydrogen (secondary N) is 1. The van der Waals surface area contributed by atoms with Crippen molar-refractivity contribution in [1.82, 2.24) is 4.90 Å². The Morgan fingerprint density at radius 1 is 1.29 bits per heavy atom. The summed E-state index contributed by atoms with van der Waals surface area (Å²) in [7, 11) is 0. The molecule has 0 saturated heterocycles. The average Bonchev–Trinajstić information content (AvgIpc) is 3.10. The van der Waals surface area contributed by atoms with Gasteiger partial charge in [-0.3, -0.25) is 4.90 Å². The van der Waals surface area contributed by atoms with Crippen LogP contribution in [0.5, 0.6) is 0 Å². The summed E-state index contributed by atoms with van der Waals surface area (Å²) in [6, 6.07) is 9.61. The van der Waals surface area contributed by atoms with Crippen LogP contribution in [-0.4, -0.2) is 18.0 Å². The first-order chi connectivity index (χ1) is 9.83. The number of rotatable bonds is 2. The van der Waals surface area contributed by atoms with Crippen molar-refractivity contribution in [2.24, 2.45) is 0 Å². The molecule has 21 heavy (non-hydrogen) atoms. The molecule has 1 aromatic carbocycles. The lowest BCUT2D eigenvalue weighted by atomic mass is 9.99. The topological polar surface area (TPSA) is 15.3 Å². The summed E-state index contributed by atoms with van der Waals surface area (Å²) in [6.07, 6.45) is 2.38. The van der Waals surface area contributed by atoms with E-state index >= 15 is 0 Å². The van der Waals surface area contributed by atoms with Crippen molar-refractivity contribution in [3.8, 4) is 0 Å². The molecule has 4 rings (SSSR count). The SMILES string of the molecule is CC1c2ccsc2CCN1Cc1cccc2c1NCC2.Cl. The van der Waals surface area contributed by atoms with Crippen LogP contribution in [0, 0.1) is 0 Å². The Morgan fingerprint density at radius 3 is 3.10 bits per heavy atom. The summed E-state index contributed by atoms with van der Waals surface area (Å²) in [5.41, 5.74) is 5.89. The Balaban J connectivity index is 0.00000132. The molecule has 0 saturated carbocycles. The van der Waals surface area contributed by atoms with Crippen molar-refractivity contribution in [3.63, 3.8) is 0 Å². The predicted molar refractivity (Wildman–Crippen MR) is 92.7 cm³/mol. The number of anilines is 1. The first-order valence-corrected chi connectivity index (χ1v) is 8.36. The molecule has 0 bridgehead atoms. The molecule has 0 radical (unpaired) electrons. The monoisotopic (exact) mass is 320 g/mol. The highest BCUT2D eigenvalue weighted by Crippen LogP contribution is 2.35. The molecule has 2 aromatic rings. The van der Waals surface area contributed by atoms with E-state index < -0.39 is 0 Å². The molecule has 1 N–H and O–H groups in total. The summed E-state index contributed by atoms with van der Waals surface area (Å²) in [5.74, 6) is 0. The van der Waals surface area contributed by atoms with Gasteiger partial charge in [0.25, 0.3) is 0 Å². The zero-order chi connectivity index (χ0) is 13.5. The van der Waals surface area contributed by atoms with E-state index in [1.165, 1.54) is 36.2 Å². The molecule has 0 fully saturated rings. The van der Waals surface area contributed by atoms with Gasteiger partial charge in [0, 0.05) is 36.2 Å². The van der Waals surface area contributed by atoms with Crippen molar-refractivity contribution in [1.29, 1.82) is 0 Å². The number of thiophene rings is 1. The molecular formula is C17H21ClN2S. The highest BCUT2D eigenvalue weighted by molar-refractivity contribution is 7.10. The standard InChI is InChI=1S/C17H20N2S.ClH/c1-12-15-7-10-20-16(15)6-9-19(12)11-14-4-2-3-13-5-8-18-17(13)14;/h2-4,7,10,12,18H,5-6,8-9,11H2,1H3;1H. The largest absolute Gasteiger partial charge is 0.384 e. The van der Waals surface area contributed by atoms with E-state index in [4.69, 9.17) is 0 Å². The van der Waals surface area contributed by atoms with Crippen molar-refractivity contribution in [2.75, 3.05) is 18.4 Å². The number of fused-ring (bicyclic) bond motifs is 2. The zero-order valence-corrected chi connectivity index (χ0v) is 13.9. The molecule has 0 amide bonds. The van der Waals surface area contributed by atoms with Gasteiger partial charge in [0.2, 0.25) is 0 Å². The van der Waals surface area contributed by atoms with Crippen molar-refractivity contribution in [2.45, 2.75) is 32.4 Å². The maximum atomic E-state index is 3.56. The van der Waals surface area contributed by atoms with Crippen LogP contribution in [0.3, 0.4) is 0 Å². The minimum absolute atomic E-state index is 0. The maximum Gasteiger partial charge on any atom is 0.0419 e. The van der Waals surface area contributed by atoms with Crippen molar-refractivity contribution < 1.29 is 0 Å². The minimum atomic E-state index is 0. The Bertz CT molecular complexity index is 637. The van der Waals surface area contributed by atoms with Gasteiger partial charge in [-0.05, 0) is 47.9 Å². The van der Waals surface area contributed by atoms with Crippen molar-refractivity contribution in [3.05, 3.63) is 51.2 Å². The van der Waals surface area contributed by atoms with Gasteiger partial charge in [-0.2, -0.15) is 0 Å². The maximum absolute atomic E-state index is 3.56. The first kappa shape index (κ1) is 14.9. The quantitative estimate of drug-likeness (QED) is 0.889. The predicted octanol–water partition coefficient (Wildman–Crippen LogP) is 4.26. The smallest absolute Gasteiger partial charge is 0.0419 e. The molecule has 1 unspecified atom stereocenters. The Morgan fingerprint density at radius 2 is 2.19 bits per heavy atom. The third-order valence-corrected chi connectivity index (χ3v) is 5.71. The van der Waals surface area contributed by atoms with E-state index in [9.17, 15) is 0 Å². The fourth-order valence-corrected chi connectivity index (χ4v) is 4.50. The van der Waals surface area contributed by atoms with Crippen LogP contribution in [0.1, 0.15) is 34.5 Å². The van der Waals surface area contributed by atoms with Gasteiger partial charge in [0.05, 0.1) is 0 Å². The van der Waals surface area contributed by atoms with Gasteiger partial charge < -0.3 is 5.32 Å². The van der Waals surface area contributed by atoms with Gasteiger partial charge in [0.15, 0.2) is 0 Å². The van der Waals surface area contributed by atoms with Gasteiger partial charge >= 0.3 is 0 Å². The lowest BCUT2D eigenvalue weighted by Crippen LogP contribution is -2.32. The fraction of sp³-hybridized carbons (Fsp3) is 0.412.